The minimum absolute atomic E-state index is 0.713. The lowest BCUT2D eigenvalue weighted by Crippen LogP contribution is -2.35. The van der Waals surface area contributed by atoms with E-state index in [0.29, 0.717) is 6.04 Å². The number of rotatable bonds is 6. The van der Waals surface area contributed by atoms with Gasteiger partial charge in [0.25, 0.3) is 0 Å². The molecule has 19 heavy (non-hydrogen) atoms. The monoisotopic (exact) mass is 261 g/mol. The first-order valence-corrected chi connectivity index (χ1v) is 8.79. The topological polar surface area (TPSA) is 12.0 Å². The van der Waals surface area contributed by atoms with Crippen molar-refractivity contribution in [3.63, 3.8) is 0 Å². The molecule has 0 spiro atoms. The Balaban J connectivity index is 1.60. The van der Waals surface area contributed by atoms with Gasteiger partial charge in [-0.15, -0.1) is 0 Å². The molecule has 4 unspecified atom stereocenters. The minimum atomic E-state index is 0.713. The van der Waals surface area contributed by atoms with Crippen LogP contribution in [0.3, 0.4) is 0 Å². The first-order chi connectivity index (χ1) is 9.36. The van der Waals surface area contributed by atoms with Crippen LogP contribution < -0.4 is 5.32 Å². The molecular formula is C18H31N. The zero-order valence-electron chi connectivity index (χ0n) is 12.7. The second-order valence-corrected chi connectivity index (χ2v) is 7.20. The second kappa shape index (κ2) is 6.43. The molecule has 3 aliphatic carbocycles. The van der Waals surface area contributed by atoms with Crippen LogP contribution in [0.15, 0.2) is 11.6 Å². The van der Waals surface area contributed by atoms with Crippen molar-refractivity contribution < 1.29 is 0 Å². The third-order valence-electron chi connectivity index (χ3n) is 5.84. The summed E-state index contributed by atoms with van der Waals surface area (Å²) in [5.74, 6) is 3.22. The molecule has 3 aliphatic rings. The van der Waals surface area contributed by atoms with Gasteiger partial charge in [-0.05, 0) is 82.1 Å². The molecule has 0 aromatic heterocycles. The van der Waals surface area contributed by atoms with Crippen LogP contribution in [0.2, 0.25) is 0 Å². The Kier molecular flexibility index (Phi) is 4.63. The van der Waals surface area contributed by atoms with Crippen LogP contribution in [0.1, 0.15) is 71.1 Å². The predicted octanol–water partition coefficient (Wildman–Crippen LogP) is 4.68. The van der Waals surface area contributed by atoms with Gasteiger partial charge in [-0.2, -0.15) is 0 Å². The maximum Gasteiger partial charge on any atom is 0.0282 e. The van der Waals surface area contributed by atoms with Gasteiger partial charge >= 0.3 is 0 Å². The molecule has 0 aliphatic heterocycles. The minimum Gasteiger partial charge on any atom is -0.310 e. The lowest BCUT2D eigenvalue weighted by Gasteiger charge is -2.30. The van der Waals surface area contributed by atoms with E-state index in [9.17, 15) is 0 Å². The Labute approximate surface area is 119 Å². The molecule has 2 bridgehead atoms. The van der Waals surface area contributed by atoms with Crippen LogP contribution >= 0.6 is 0 Å². The fourth-order valence-corrected chi connectivity index (χ4v) is 4.83. The van der Waals surface area contributed by atoms with Crippen molar-refractivity contribution in [1.29, 1.82) is 0 Å². The van der Waals surface area contributed by atoms with E-state index < -0.39 is 0 Å². The smallest absolute Gasteiger partial charge is 0.0282 e. The quantitative estimate of drug-likeness (QED) is 0.684. The summed E-state index contributed by atoms with van der Waals surface area (Å²) >= 11 is 0. The Morgan fingerprint density at radius 1 is 1.26 bits per heavy atom. The largest absolute Gasteiger partial charge is 0.310 e. The molecule has 0 amide bonds. The van der Waals surface area contributed by atoms with Crippen LogP contribution in [0.5, 0.6) is 0 Å². The lowest BCUT2D eigenvalue weighted by molar-refractivity contribution is 0.286. The van der Waals surface area contributed by atoms with Gasteiger partial charge in [-0.1, -0.05) is 25.0 Å². The highest BCUT2D eigenvalue weighted by Gasteiger charge is 2.40. The maximum absolute atomic E-state index is 3.86. The summed E-state index contributed by atoms with van der Waals surface area (Å²) in [5, 5.41) is 3.86. The molecule has 0 saturated heterocycles. The van der Waals surface area contributed by atoms with Crippen molar-refractivity contribution in [1.82, 2.24) is 5.32 Å². The molecular weight excluding hydrogens is 230 g/mol. The van der Waals surface area contributed by atoms with E-state index in [-0.39, 0.29) is 0 Å². The predicted molar refractivity (Wildman–Crippen MR) is 82.2 cm³/mol. The van der Waals surface area contributed by atoms with E-state index in [0.717, 1.165) is 17.8 Å². The molecule has 1 heteroatoms. The first-order valence-electron chi connectivity index (χ1n) is 8.79. The van der Waals surface area contributed by atoms with Gasteiger partial charge in [-0.3, -0.25) is 0 Å². The van der Waals surface area contributed by atoms with Crippen molar-refractivity contribution >= 4 is 0 Å². The number of allylic oxidation sites excluding steroid dienone is 1. The van der Waals surface area contributed by atoms with Crippen LogP contribution in [0.25, 0.3) is 0 Å². The van der Waals surface area contributed by atoms with Crippen LogP contribution in [-0.2, 0) is 0 Å². The first kappa shape index (κ1) is 13.7. The lowest BCUT2D eigenvalue weighted by atomic mass is 9.81. The van der Waals surface area contributed by atoms with E-state index in [1.54, 1.807) is 18.4 Å². The normalized spacial score (nSPS) is 35.4. The van der Waals surface area contributed by atoms with Gasteiger partial charge in [0.15, 0.2) is 0 Å². The fourth-order valence-electron chi connectivity index (χ4n) is 4.83. The number of nitrogens with one attached hydrogen (secondary N) is 1. The summed E-state index contributed by atoms with van der Waals surface area (Å²) in [4.78, 5) is 0. The molecule has 0 aromatic rings. The summed E-state index contributed by atoms with van der Waals surface area (Å²) in [6.45, 7) is 3.49. The molecule has 4 atom stereocenters. The van der Waals surface area contributed by atoms with Gasteiger partial charge in [0.05, 0.1) is 0 Å². The number of fused-ring (bicyclic) bond motifs is 2. The van der Waals surface area contributed by atoms with Crippen LogP contribution in [-0.4, -0.2) is 12.6 Å². The molecule has 0 radical (unpaired) electrons. The van der Waals surface area contributed by atoms with Gasteiger partial charge in [0, 0.05) is 6.04 Å². The summed E-state index contributed by atoms with van der Waals surface area (Å²) in [6.07, 6.45) is 17.0. The van der Waals surface area contributed by atoms with Crippen molar-refractivity contribution in [2.45, 2.75) is 77.2 Å². The van der Waals surface area contributed by atoms with Crippen LogP contribution in [0, 0.1) is 17.8 Å². The third kappa shape index (κ3) is 3.24. The zero-order valence-corrected chi connectivity index (χ0v) is 12.7. The average molecular weight is 261 g/mol. The Hall–Kier alpha value is -0.300. The van der Waals surface area contributed by atoms with E-state index in [1.807, 2.05) is 0 Å². The van der Waals surface area contributed by atoms with Crippen molar-refractivity contribution in [2.24, 2.45) is 17.8 Å². The zero-order chi connectivity index (χ0) is 13.1. The highest BCUT2D eigenvalue weighted by molar-refractivity contribution is 5.14. The van der Waals surface area contributed by atoms with Crippen molar-refractivity contribution in [2.75, 3.05) is 6.54 Å². The van der Waals surface area contributed by atoms with Gasteiger partial charge in [-0.25, -0.2) is 0 Å². The highest BCUT2D eigenvalue weighted by atomic mass is 14.9. The molecule has 0 aromatic carbocycles. The van der Waals surface area contributed by atoms with E-state index in [4.69, 9.17) is 0 Å². The molecule has 3 rings (SSSR count). The molecule has 108 valence electrons. The molecule has 1 N–H and O–H groups in total. The van der Waals surface area contributed by atoms with Crippen molar-refractivity contribution in [3.05, 3.63) is 11.6 Å². The number of hydrogen-bond acceptors (Lipinski definition) is 1. The molecule has 0 heterocycles. The Bertz CT molecular complexity index is 320. The van der Waals surface area contributed by atoms with E-state index in [2.05, 4.69) is 18.3 Å². The SMILES string of the molecule is CCCNC(CC1CC2CCC1C2)C1=CCCCC1. The average Bonchev–Trinajstić information content (AvgIpc) is 3.07. The number of hydrogen-bond donors (Lipinski definition) is 1. The standard InChI is InChI=1S/C18H31N/c1-2-10-19-18(15-6-4-3-5-7-15)13-17-12-14-8-9-16(17)11-14/h6,14,16-19H,2-5,7-13H2,1H3. The highest BCUT2D eigenvalue weighted by Crippen LogP contribution is 2.50. The molecule has 2 saturated carbocycles. The summed E-state index contributed by atoms with van der Waals surface area (Å²) < 4.78 is 0. The van der Waals surface area contributed by atoms with Gasteiger partial charge in [0.1, 0.15) is 0 Å². The maximum atomic E-state index is 3.86. The third-order valence-corrected chi connectivity index (χ3v) is 5.84. The fraction of sp³-hybridized carbons (Fsp3) is 0.889. The van der Waals surface area contributed by atoms with Gasteiger partial charge < -0.3 is 5.32 Å². The van der Waals surface area contributed by atoms with Gasteiger partial charge in [0.2, 0.25) is 0 Å². The van der Waals surface area contributed by atoms with Crippen LogP contribution in [0.4, 0.5) is 0 Å². The van der Waals surface area contributed by atoms with E-state index in [1.165, 1.54) is 57.9 Å². The summed E-state index contributed by atoms with van der Waals surface area (Å²) in [6, 6.07) is 0.713. The Morgan fingerprint density at radius 3 is 2.84 bits per heavy atom. The summed E-state index contributed by atoms with van der Waals surface area (Å²) in [5.41, 5.74) is 1.75. The van der Waals surface area contributed by atoms with E-state index >= 15 is 0 Å². The second-order valence-electron chi connectivity index (χ2n) is 7.20. The summed E-state index contributed by atoms with van der Waals surface area (Å²) in [7, 11) is 0. The molecule has 2 fully saturated rings. The molecule has 1 nitrogen and oxygen atoms in total. The Morgan fingerprint density at radius 2 is 2.21 bits per heavy atom. The van der Waals surface area contributed by atoms with Crippen molar-refractivity contribution in [3.8, 4) is 0 Å².